The second kappa shape index (κ2) is 5.77. The van der Waals surface area contributed by atoms with E-state index in [1.807, 2.05) is 17.9 Å². The Morgan fingerprint density at radius 3 is 2.75 bits per heavy atom. The van der Waals surface area contributed by atoms with Crippen molar-refractivity contribution in [1.82, 2.24) is 14.7 Å². The summed E-state index contributed by atoms with van der Waals surface area (Å²) in [6, 6.07) is 13.1. The molecule has 1 aliphatic heterocycles. The van der Waals surface area contributed by atoms with Crippen LogP contribution in [0.2, 0.25) is 0 Å². The Labute approximate surface area is 120 Å². The van der Waals surface area contributed by atoms with Gasteiger partial charge in [0.1, 0.15) is 0 Å². The Balaban J connectivity index is 1.83. The first-order valence-electron chi connectivity index (χ1n) is 7.27. The highest BCUT2D eigenvalue weighted by atomic mass is 15.3. The molecule has 2 N–H and O–H groups in total. The summed E-state index contributed by atoms with van der Waals surface area (Å²) in [6.45, 7) is 2.03. The number of hydrogen-bond donors (Lipinski definition) is 1. The van der Waals surface area contributed by atoms with Crippen molar-refractivity contribution in [2.75, 3.05) is 6.54 Å². The second-order valence-corrected chi connectivity index (χ2v) is 5.62. The molecule has 106 valence electrons. The molecule has 1 aliphatic rings. The van der Waals surface area contributed by atoms with Crippen molar-refractivity contribution in [1.29, 1.82) is 0 Å². The molecule has 2 unspecified atom stereocenters. The van der Waals surface area contributed by atoms with Crippen molar-refractivity contribution in [3.05, 3.63) is 53.9 Å². The average molecular weight is 270 g/mol. The monoisotopic (exact) mass is 270 g/mol. The zero-order valence-corrected chi connectivity index (χ0v) is 11.9. The van der Waals surface area contributed by atoms with Crippen LogP contribution >= 0.6 is 0 Å². The van der Waals surface area contributed by atoms with E-state index in [0.717, 1.165) is 31.6 Å². The van der Waals surface area contributed by atoms with E-state index in [1.54, 1.807) is 0 Å². The molecule has 1 fully saturated rings. The highest BCUT2D eigenvalue weighted by molar-refractivity contribution is 5.17. The first-order valence-corrected chi connectivity index (χ1v) is 7.27. The molecule has 1 aromatic heterocycles. The molecule has 2 heterocycles. The Morgan fingerprint density at radius 1 is 1.25 bits per heavy atom. The largest absolute Gasteiger partial charge is 0.326 e. The molecule has 0 bridgehead atoms. The normalized spacial score (nSPS) is 23.9. The quantitative estimate of drug-likeness (QED) is 0.929. The summed E-state index contributed by atoms with van der Waals surface area (Å²) in [7, 11) is 1.96. The standard InChI is InChI=1S/C16H22N4/c1-19-11-9-15(18-19)16-14(17)8-5-10-20(16)12-13-6-3-2-4-7-13/h2-4,6-7,9,11,14,16H,5,8,10,12,17H2,1H3. The van der Waals surface area contributed by atoms with E-state index >= 15 is 0 Å². The SMILES string of the molecule is Cn1ccc(C2C(N)CCCN2Cc2ccccc2)n1. The van der Waals surface area contributed by atoms with Crippen LogP contribution in [0.5, 0.6) is 0 Å². The van der Waals surface area contributed by atoms with Gasteiger partial charge in [-0.3, -0.25) is 9.58 Å². The van der Waals surface area contributed by atoms with Crippen LogP contribution in [-0.4, -0.2) is 27.3 Å². The molecular weight excluding hydrogens is 248 g/mol. The lowest BCUT2D eigenvalue weighted by Gasteiger charge is -2.39. The highest BCUT2D eigenvalue weighted by Crippen LogP contribution is 2.30. The van der Waals surface area contributed by atoms with E-state index in [9.17, 15) is 0 Å². The summed E-state index contributed by atoms with van der Waals surface area (Å²) in [5.74, 6) is 0. The van der Waals surface area contributed by atoms with Gasteiger partial charge in [0.15, 0.2) is 0 Å². The fraction of sp³-hybridized carbons (Fsp3) is 0.438. The molecule has 1 aromatic carbocycles. The number of benzene rings is 1. The molecule has 2 atom stereocenters. The fourth-order valence-corrected chi connectivity index (χ4v) is 3.09. The van der Waals surface area contributed by atoms with Gasteiger partial charge in [-0.1, -0.05) is 30.3 Å². The van der Waals surface area contributed by atoms with Crippen molar-refractivity contribution in [3.63, 3.8) is 0 Å². The predicted molar refractivity (Wildman–Crippen MR) is 80.0 cm³/mol. The molecule has 0 saturated carbocycles. The van der Waals surface area contributed by atoms with Gasteiger partial charge in [-0.05, 0) is 31.0 Å². The van der Waals surface area contributed by atoms with Crippen LogP contribution in [-0.2, 0) is 13.6 Å². The summed E-state index contributed by atoms with van der Waals surface area (Å²) in [5.41, 5.74) is 8.80. The van der Waals surface area contributed by atoms with Crippen LogP contribution < -0.4 is 5.73 Å². The third kappa shape index (κ3) is 2.76. The minimum absolute atomic E-state index is 0.169. The topological polar surface area (TPSA) is 47.1 Å². The van der Waals surface area contributed by atoms with E-state index < -0.39 is 0 Å². The van der Waals surface area contributed by atoms with E-state index in [0.29, 0.717) is 0 Å². The molecule has 4 nitrogen and oxygen atoms in total. The number of piperidine rings is 1. The van der Waals surface area contributed by atoms with Gasteiger partial charge in [-0.25, -0.2) is 0 Å². The Morgan fingerprint density at radius 2 is 2.05 bits per heavy atom. The summed E-state index contributed by atoms with van der Waals surface area (Å²) in [6.07, 6.45) is 4.24. The number of aromatic nitrogens is 2. The third-order valence-corrected chi connectivity index (χ3v) is 4.05. The van der Waals surface area contributed by atoms with Crippen molar-refractivity contribution in [3.8, 4) is 0 Å². The fourth-order valence-electron chi connectivity index (χ4n) is 3.09. The Hall–Kier alpha value is -1.65. The first-order chi connectivity index (χ1) is 9.74. The van der Waals surface area contributed by atoms with Crippen LogP contribution in [0.3, 0.4) is 0 Å². The molecule has 0 amide bonds. The van der Waals surface area contributed by atoms with Crippen LogP contribution in [0.15, 0.2) is 42.6 Å². The second-order valence-electron chi connectivity index (χ2n) is 5.62. The Bertz CT molecular complexity index is 549. The number of rotatable bonds is 3. The predicted octanol–water partition coefficient (Wildman–Crippen LogP) is 2.08. The number of nitrogens with two attached hydrogens (primary N) is 1. The molecule has 4 heteroatoms. The number of hydrogen-bond acceptors (Lipinski definition) is 3. The van der Waals surface area contributed by atoms with Crippen molar-refractivity contribution in [2.45, 2.75) is 31.5 Å². The van der Waals surface area contributed by atoms with Crippen LogP contribution in [0.4, 0.5) is 0 Å². The number of nitrogens with zero attached hydrogens (tertiary/aromatic N) is 3. The van der Waals surface area contributed by atoms with Gasteiger partial charge in [0.05, 0.1) is 11.7 Å². The van der Waals surface area contributed by atoms with E-state index in [2.05, 4.69) is 46.4 Å². The van der Waals surface area contributed by atoms with Gasteiger partial charge < -0.3 is 5.73 Å². The van der Waals surface area contributed by atoms with Gasteiger partial charge in [0.2, 0.25) is 0 Å². The lowest BCUT2D eigenvalue weighted by Crippen LogP contribution is -2.45. The molecule has 3 rings (SSSR count). The third-order valence-electron chi connectivity index (χ3n) is 4.05. The Kier molecular flexibility index (Phi) is 3.85. The molecule has 1 saturated heterocycles. The number of aryl methyl sites for hydroxylation is 1. The van der Waals surface area contributed by atoms with Gasteiger partial charge in [0, 0.05) is 25.8 Å². The zero-order chi connectivity index (χ0) is 13.9. The molecular formula is C16H22N4. The maximum atomic E-state index is 6.37. The van der Waals surface area contributed by atoms with Crippen LogP contribution in [0.25, 0.3) is 0 Å². The van der Waals surface area contributed by atoms with Gasteiger partial charge in [-0.2, -0.15) is 5.10 Å². The van der Waals surface area contributed by atoms with E-state index in [-0.39, 0.29) is 12.1 Å². The van der Waals surface area contributed by atoms with Gasteiger partial charge in [0.25, 0.3) is 0 Å². The minimum atomic E-state index is 0.169. The molecule has 0 spiro atoms. The van der Waals surface area contributed by atoms with Gasteiger partial charge >= 0.3 is 0 Å². The summed E-state index contributed by atoms with van der Waals surface area (Å²) in [4.78, 5) is 2.46. The summed E-state index contributed by atoms with van der Waals surface area (Å²) < 4.78 is 1.86. The average Bonchev–Trinajstić information content (AvgIpc) is 2.86. The highest BCUT2D eigenvalue weighted by Gasteiger charge is 2.31. The maximum absolute atomic E-state index is 6.37. The number of likely N-dealkylation sites (tertiary alicyclic amines) is 1. The smallest absolute Gasteiger partial charge is 0.0812 e. The lowest BCUT2D eigenvalue weighted by molar-refractivity contribution is 0.117. The van der Waals surface area contributed by atoms with Gasteiger partial charge in [-0.15, -0.1) is 0 Å². The maximum Gasteiger partial charge on any atom is 0.0812 e. The molecule has 0 radical (unpaired) electrons. The van der Waals surface area contributed by atoms with E-state index in [4.69, 9.17) is 5.73 Å². The van der Waals surface area contributed by atoms with Crippen molar-refractivity contribution >= 4 is 0 Å². The van der Waals surface area contributed by atoms with Crippen molar-refractivity contribution < 1.29 is 0 Å². The lowest BCUT2D eigenvalue weighted by atomic mass is 9.94. The molecule has 0 aliphatic carbocycles. The summed E-state index contributed by atoms with van der Waals surface area (Å²) in [5, 5.41) is 4.57. The molecule has 2 aromatic rings. The first kappa shape index (κ1) is 13.3. The van der Waals surface area contributed by atoms with Crippen LogP contribution in [0, 0.1) is 0 Å². The summed E-state index contributed by atoms with van der Waals surface area (Å²) >= 11 is 0. The van der Waals surface area contributed by atoms with Crippen molar-refractivity contribution in [2.24, 2.45) is 12.8 Å². The molecule has 20 heavy (non-hydrogen) atoms. The minimum Gasteiger partial charge on any atom is -0.326 e. The van der Waals surface area contributed by atoms with Crippen LogP contribution in [0.1, 0.15) is 30.1 Å². The van der Waals surface area contributed by atoms with E-state index in [1.165, 1.54) is 5.56 Å². The zero-order valence-electron chi connectivity index (χ0n) is 11.9.